The van der Waals surface area contributed by atoms with E-state index >= 15 is 0 Å². The molecule has 0 atom stereocenters. The van der Waals surface area contributed by atoms with Crippen LogP contribution in [0, 0.1) is 17.0 Å². The fourth-order valence-electron chi connectivity index (χ4n) is 5.34. The highest BCUT2D eigenvalue weighted by molar-refractivity contribution is 5.62. The molecule has 0 N–H and O–H groups in total. The van der Waals surface area contributed by atoms with Gasteiger partial charge in [0.25, 0.3) is 0 Å². The van der Waals surface area contributed by atoms with Gasteiger partial charge in [-0.25, -0.2) is 8.78 Å². The average Bonchev–Trinajstić information content (AvgIpc) is 2.76. The van der Waals surface area contributed by atoms with E-state index in [-0.39, 0.29) is 11.3 Å². The van der Waals surface area contributed by atoms with Gasteiger partial charge in [0.2, 0.25) is 0 Å². The lowest BCUT2D eigenvalue weighted by atomic mass is 9.70. The second-order valence-electron chi connectivity index (χ2n) is 9.35. The Kier molecular flexibility index (Phi) is 5.54. The molecule has 2 aliphatic heterocycles. The third-order valence-corrected chi connectivity index (χ3v) is 7.77. The van der Waals surface area contributed by atoms with Crippen LogP contribution < -0.4 is 9.64 Å². The first-order valence-electron chi connectivity index (χ1n) is 11.4. The molecule has 0 amide bonds. The zero-order chi connectivity index (χ0) is 21.4. The van der Waals surface area contributed by atoms with Gasteiger partial charge in [0.05, 0.1) is 12.8 Å². The summed E-state index contributed by atoms with van der Waals surface area (Å²) in [6.07, 6.45) is 9.18. The summed E-state index contributed by atoms with van der Waals surface area (Å²) >= 11 is 0. The summed E-state index contributed by atoms with van der Waals surface area (Å²) in [4.78, 5) is 4.98. The number of benzene rings is 1. The van der Waals surface area contributed by atoms with Gasteiger partial charge in [0.1, 0.15) is 5.82 Å². The van der Waals surface area contributed by atoms with E-state index in [0.29, 0.717) is 11.1 Å². The monoisotopic (exact) mass is 428 g/mol. The quantitative estimate of drug-likeness (QED) is 0.708. The van der Waals surface area contributed by atoms with Crippen molar-refractivity contribution < 1.29 is 13.5 Å². The summed E-state index contributed by atoms with van der Waals surface area (Å²) < 4.78 is 33.2. The smallest absolute Gasteiger partial charge is 0.165 e. The molecule has 2 saturated heterocycles. The molecule has 166 valence electrons. The molecule has 5 rings (SSSR count). The fourth-order valence-corrected chi connectivity index (χ4v) is 5.34. The van der Waals surface area contributed by atoms with E-state index in [9.17, 15) is 8.78 Å². The number of likely N-dealkylation sites (tertiary alicyclic amines) is 1. The minimum absolute atomic E-state index is 0.0909. The Hall–Kier alpha value is -2.28. The van der Waals surface area contributed by atoms with Crippen molar-refractivity contribution in [1.82, 2.24) is 15.1 Å². The van der Waals surface area contributed by atoms with Gasteiger partial charge < -0.3 is 14.5 Å². The number of rotatable bonds is 4. The molecule has 1 aliphatic carbocycles. The van der Waals surface area contributed by atoms with Gasteiger partial charge in [0, 0.05) is 30.8 Å². The topological polar surface area (TPSA) is 41.5 Å². The predicted octanol–water partition coefficient (Wildman–Crippen LogP) is 4.67. The Balaban J connectivity index is 1.21. The number of anilines is 1. The van der Waals surface area contributed by atoms with Gasteiger partial charge in [-0.05, 0) is 75.2 Å². The molecule has 3 aliphatic rings. The Morgan fingerprint density at radius 2 is 1.65 bits per heavy atom. The first-order chi connectivity index (χ1) is 15.1. The van der Waals surface area contributed by atoms with Crippen molar-refractivity contribution >= 4 is 5.82 Å². The molecule has 1 saturated carbocycles. The number of nitrogens with zero attached hydrogens (tertiary/aromatic N) is 4. The maximum Gasteiger partial charge on any atom is 0.165 e. The first-order valence-corrected chi connectivity index (χ1v) is 11.4. The molecule has 0 unspecified atom stereocenters. The van der Waals surface area contributed by atoms with Gasteiger partial charge in [-0.1, -0.05) is 6.42 Å². The molecule has 0 bridgehead atoms. The summed E-state index contributed by atoms with van der Waals surface area (Å²) in [6, 6.07) is 6.59. The van der Waals surface area contributed by atoms with Crippen molar-refractivity contribution in [3.63, 3.8) is 0 Å². The van der Waals surface area contributed by atoms with Crippen LogP contribution in [0.15, 0.2) is 24.3 Å². The highest BCUT2D eigenvalue weighted by Crippen LogP contribution is 2.43. The minimum Gasteiger partial charge on any atom is -0.494 e. The largest absolute Gasteiger partial charge is 0.494 e. The number of ether oxygens (including phenoxy) is 1. The van der Waals surface area contributed by atoms with Crippen LogP contribution in [0.3, 0.4) is 0 Å². The molecule has 31 heavy (non-hydrogen) atoms. The van der Waals surface area contributed by atoms with Gasteiger partial charge in [-0.2, -0.15) is 0 Å². The van der Waals surface area contributed by atoms with E-state index in [0.717, 1.165) is 37.1 Å². The number of methoxy groups -OCH3 is 1. The van der Waals surface area contributed by atoms with Gasteiger partial charge in [-0.3, -0.25) is 0 Å². The summed E-state index contributed by atoms with van der Waals surface area (Å²) in [6.45, 7) is 4.46. The number of hydrogen-bond donors (Lipinski definition) is 0. The number of piperidine rings is 2. The van der Waals surface area contributed by atoms with Crippen molar-refractivity contribution in [3.05, 3.63) is 35.9 Å². The van der Waals surface area contributed by atoms with Crippen LogP contribution in [0.25, 0.3) is 11.3 Å². The molecule has 5 nitrogen and oxygen atoms in total. The molecule has 0 radical (unpaired) electrons. The summed E-state index contributed by atoms with van der Waals surface area (Å²) in [7, 11) is 1.31. The van der Waals surface area contributed by atoms with Crippen molar-refractivity contribution in [3.8, 4) is 17.0 Å². The van der Waals surface area contributed by atoms with Crippen LogP contribution in [0.5, 0.6) is 5.75 Å². The molecule has 1 aromatic carbocycles. The number of hydrogen-bond acceptors (Lipinski definition) is 5. The molecule has 3 fully saturated rings. The van der Waals surface area contributed by atoms with Crippen LogP contribution >= 0.6 is 0 Å². The Morgan fingerprint density at radius 1 is 0.935 bits per heavy atom. The van der Waals surface area contributed by atoms with E-state index in [2.05, 4.69) is 20.0 Å². The van der Waals surface area contributed by atoms with Crippen molar-refractivity contribution in [2.45, 2.75) is 51.0 Å². The maximum absolute atomic E-state index is 14.3. The standard InChI is InChI=1S/C24H30F2N4O/c1-31-22-16-19(25)18(15-20(22)26)21-5-6-23(28-27-21)30-13-9-24(10-14-30)7-11-29(12-8-24)17-3-2-4-17/h5-6,15-17H,2-4,7-14H2,1H3. The molecule has 1 spiro atoms. The molecular weight excluding hydrogens is 398 g/mol. The van der Waals surface area contributed by atoms with Crippen LogP contribution in [0.4, 0.5) is 14.6 Å². The van der Waals surface area contributed by atoms with Gasteiger partial charge in [0.15, 0.2) is 17.4 Å². The average molecular weight is 429 g/mol. The van der Waals surface area contributed by atoms with Gasteiger partial charge in [-0.15, -0.1) is 10.2 Å². The van der Waals surface area contributed by atoms with Gasteiger partial charge >= 0.3 is 0 Å². The fraction of sp³-hybridized carbons (Fsp3) is 0.583. The lowest BCUT2D eigenvalue weighted by Crippen LogP contribution is -2.51. The lowest BCUT2D eigenvalue weighted by molar-refractivity contribution is 0.0305. The highest BCUT2D eigenvalue weighted by Gasteiger charge is 2.39. The normalized spacial score (nSPS) is 21.8. The van der Waals surface area contributed by atoms with E-state index < -0.39 is 11.6 Å². The lowest BCUT2D eigenvalue weighted by Gasteiger charge is -2.50. The third-order valence-electron chi connectivity index (χ3n) is 7.77. The molecule has 7 heteroatoms. The molecule has 2 aromatic rings. The van der Waals surface area contributed by atoms with Crippen molar-refractivity contribution in [1.29, 1.82) is 0 Å². The second kappa shape index (κ2) is 8.34. The van der Waals surface area contributed by atoms with E-state index in [1.807, 2.05) is 6.07 Å². The Morgan fingerprint density at radius 3 is 2.23 bits per heavy atom. The SMILES string of the molecule is COc1cc(F)c(-c2ccc(N3CCC4(CC3)CCN(C3CCC3)CC4)nn2)cc1F. The zero-order valence-electron chi connectivity index (χ0n) is 18.1. The van der Waals surface area contributed by atoms with Crippen LogP contribution in [0.2, 0.25) is 0 Å². The second-order valence-corrected chi connectivity index (χ2v) is 9.35. The minimum atomic E-state index is -0.616. The van der Waals surface area contributed by atoms with Crippen LogP contribution in [-0.2, 0) is 0 Å². The van der Waals surface area contributed by atoms with Crippen LogP contribution in [-0.4, -0.2) is 54.4 Å². The van der Waals surface area contributed by atoms with Crippen molar-refractivity contribution in [2.75, 3.05) is 38.2 Å². The molecular formula is C24H30F2N4O. The van der Waals surface area contributed by atoms with E-state index in [4.69, 9.17) is 4.74 Å². The highest BCUT2D eigenvalue weighted by atomic mass is 19.1. The maximum atomic E-state index is 14.3. The zero-order valence-corrected chi connectivity index (χ0v) is 18.1. The van der Waals surface area contributed by atoms with Crippen molar-refractivity contribution in [2.24, 2.45) is 5.41 Å². The van der Waals surface area contributed by atoms with Crippen LogP contribution in [0.1, 0.15) is 44.9 Å². The third kappa shape index (κ3) is 4.00. The summed E-state index contributed by atoms with van der Waals surface area (Å²) in [5.41, 5.74) is 0.890. The van der Waals surface area contributed by atoms with E-state index in [1.165, 1.54) is 65.1 Å². The number of aromatic nitrogens is 2. The first kappa shape index (κ1) is 20.6. The Bertz CT molecular complexity index is 914. The molecule has 1 aromatic heterocycles. The van der Waals surface area contributed by atoms with E-state index in [1.54, 1.807) is 6.07 Å². The molecule has 3 heterocycles. The number of halogens is 2. The predicted molar refractivity (Wildman–Crippen MR) is 116 cm³/mol. The summed E-state index contributed by atoms with van der Waals surface area (Å²) in [5, 5.41) is 8.51. The Labute approximate surface area is 182 Å². The summed E-state index contributed by atoms with van der Waals surface area (Å²) in [5.74, 6) is -0.505.